The minimum atomic E-state index is -4.62. The maximum absolute atomic E-state index is 16.1. The lowest BCUT2D eigenvalue weighted by Crippen LogP contribution is -2.34. The van der Waals surface area contributed by atoms with E-state index in [1.807, 2.05) is 0 Å². The summed E-state index contributed by atoms with van der Waals surface area (Å²) in [6.07, 6.45) is 4.35. The molecule has 432 valence electrons. The summed E-state index contributed by atoms with van der Waals surface area (Å²) in [5.41, 5.74) is -1.19. The van der Waals surface area contributed by atoms with E-state index in [4.69, 9.17) is 4.99 Å². The molecule has 84 heavy (non-hydrogen) atoms. The summed E-state index contributed by atoms with van der Waals surface area (Å²) in [5.74, 6) is -11.5. The first kappa shape index (κ1) is 56.0. The first-order chi connectivity index (χ1) is 39.9. The predicted molar refractivity (Wildman–Crippen MR) is 299 cm³/mol. The topological polar surface area (TPSA) is 336 Å². The average molecular weight is 1230 g/mol. The summed E-state index contributed by atoms with van der Waals surface area (Å²) >= 11 is 0. The van der Waals surface area contributed by atoms with Crippen molar-refractivity contribution in [1.29, 1.82) is 0 Å². The van der Waals surface area contributed by atoms with E-state index in [2.05, 4.69) is 55.3 Å². The third-order valence-electron chi connectivity index (χ3n) is 14.0. The first-order valence-corrected chi connectivity index (χ1v) is 31.7. The Morgan fingerprint density at radius 2 is 1.37 bits per heavy atom. The number of aliphatic hydroxyl groups is 1. The van der Waals surface area contributed by atoms with Crippen molar-refractivity contribution in [2.24, 2.45) is 30.9 Å². The van der Waals surface area contributed by atoms with Crippen molar-refractivity contribution < 1.29 is 60.9 Å². The van der Waals surface area contributed by atoms with Crippen molar-refractivity contribution in [3.8, 4) is 0 Å². The summed E-state index contributed by atoms with van der Waals surface area (Å²) in [4.78, 5) is 39.2. The number of hydrogen-bond donors (Lipinski definition) is 5. The van der Waals surface area contributed by atoms with Gasteiger partial charge in [0.15, 0.2) is 66.3 Å². The van der Waals surface area contributed by atoms with Crippen LogP contribution in [0.4, 0.5) is 41.0 Å². The van der Waals surface area contributed by atoms with Crippen LogP contribution in [0.3, 0.4) is 0 Å². The number of para-hydroxylation sites is 1. The SMILES string of the molecule is Cc1nc(NCCNS(=O)(=O)c2ccc3c4n5c(c3c2)C=c2c3ccncc3c(n2C5)=NC2=NC(=NC3=NC(=N4)c4cc(S(=O)(=O)CCCS(=O)(=O)CC(C)CO)ccc43)c3c(F)c(F)c(F)c(F)c32)nc(Nc2ccccc2S(=O)(=O)O)n1. The molecular weight excluding hydrogens is 1180 g/mol. The number of nitrogens with one attached hydrogen (secondary N) is 3. The highest BCUT2D eigenvalue weighted by atomic mass is 32.2. The third kappa shape index (κ3) is 10.00. The number of benzene rings is 4. The number of sulfonamides is 1. The highest BCUT2D eigenvalue weighted by Gasteiger charge is 2.37. The van der Waals surface area contributed by atoms with Gasteiger partial charge in [-0.3, -0.25) is 9.54 Å². The molecule has 32 heteroatoms. The van der Waals surface area contributed by atoms with Gasteiger partial charge in [-0.25, -0.2) is 72.5 Å². The molecule has 4 aromatic carbocycles. The number of aliphatic hydroxyl groups excluding tert-OH is 1. The van der Waals surface area contributed by atoms with Gasteiger partial charge in [-0.1, -0.05) is 19.1 Å². The monoisotopic (exact) mass is 1230 g/mol. The van der Waals surface area contributed by atoms with E-state index in [-0.39, 0.29) is 106 Å². The summed E-state index contributed by atoms with van der Waals surface area (Å²) in [6.45, 7) is 2.24. The van der Waals surface area contributed by atoms with Gasteiger partial charge in [-0.05, 0) is 79.9 Å². The zero-order valence-corrected chi connectivity index (χ0v) is 46.8. The molecule has 5 N–H and O–H groups in total. The quantitative estimate of drug-likeness (QED) is 0.0283. The van der Waals surface area contributed by atoms with Gasteiger partial charge < -0.3 is 24.9 Å². The number of pyridine rings is 1. The molecule has 1 atom stereocenters. The van der Waals surface area contributed by atoms with Crippen LogP contribution in [0, 0.1) is 36.1 Å². The molecule has 1 unspecified atom stereocenters. The highest BCUT2D eigenvalue weighted by Crippen LogP contribution is 2.39. The van der Waals surface area contributed by atoms with Crippen molar-refractivity contribution >= 4 is 114 Å². The Kier molecular flexibility index (Phi) is 13.8. The third-order valence-corrected chi connectivity index (χ3v) is 20.1. The van der Waals surface area contributed by atoms with Gasteiger partial charge in [0.2, 0.25) is 21.9 Å². The Morgan fingerprint density at radius 1 is 0.679 bits per heavy atom. The fraction of sp³-hybridized carbons (Fsp3) is 0.212. The molecule has 4 aliphatic heterocycles. The lowest BCUT2D eigenvalue weighted by atomic mass is 10.1. The molecule has 0 saturated carbocycles. The van der Waals surface area contributed by atoms with Gasteiger partial charge in [0.25, 0.3) is 10.1 Å². The van der Waals surface area contributed by atoms with Crippen LogP contribution in [-0.4, -0.2) is 133 Å². The van der Waals surface area contributed by atoms with Gasteiger partial charge in [0.1, 0.15) is 28.7 Å². The van der Waals surface area contributed by atoms with E-state index in [0.717, 1.165) is 0 Å². The molecule has 6 bridgehead atoms. The highest BCUT2D eigenvalue weighted by molar-refractivity contribution is 7.92. The van der Waals surface area contributed by atoms with E-state index in [9.17, 15) is 43.3 Å². The molecule has 0 spiro atoms. The number of anilines is 3. The Hall–Kier alpha value is -8.53. The maximum Gasteiger partial charge on any atom is 0.296 e. The van der Waals surface area contributed by atoms with Crippen molar-refractivity contribution in [3.63, 3.8) is 0 Å². The normalized spacial score (nSPS) is 14.9. The van der Waals surface area contributed by atoms with Gasteiger partial charge in [0, 0.05) is 64.8 Å². The molecule has 8 heterocycles. The number of hydrogen-bond acceptors (Lipinski definition) is 20. The van der Waals surface area contributed by atoms with Crippen molar-refractivity contribution in [2.75, 3.05) is 47.6 Å². The van der Waals surface area contributed by atoms with E-state index < -0.39 is 108 Å². The van der Waals surface area contributed by atoms with Crippen LogP contribution in [0.25, 0.3) is 27.6 Å². The Labute approximate surface area is 473 Å². The Morgan fingerprint density at radius 3 is 2.12 bits per heavy atom. The number of halogens is 4. The van der Waals surface area contributed by atoms with Crippen LogP contribution >= 0.6 is 0 Å². The number of fused-ring (bicyclic) bond motifs is 14. The standard InChI is InChI=1S/C52H42F4N14O10S4/c1-25(22-71)23-81(72,73)16-5-17-82(74,75)27-8-10-30-33(18-27)46-63-45(30)64-47-39-40(42(54)44(56)43(55)41(39)53)48(65-47)67-50-34-21-57-13-12-29(34)36-20-37-32-19-28(9-11-31(32)49(66-46)70(37)24-69(36)50)83(76,77)59-15-14-58-51-60-26(2)61-52(68-51)62-35-6-3-4-7-38(35)84(78,79)80/h3-4,6-13,18-21,25,59,71H,5,14-17,22-24H2,1-2H3,(H,78,79,80)(H2,58,60,61,62,68). The number of sulfone groups is 2. The molecule has 4 aromatic heterocycles. The second kappa shape index (κ2) is 20.7. The maximum atomic E-state index is 16.1. The average Bonchev–Trinajstić information content (AvgIpc) is 1.74. The van der Waals surface area contributed by atoms with Crippen LogP contribution in [0.2, 0.25) is 0 Å². The molecule has 0 saturated heterocycles. The Bertz CT molecular complexity index is 4980. The number of aromatic nitrogens is 6. The lowest BCUT2D eigenvalue weighted by Gasteiger charge is -2.16. The van der Waals surface area contributed by atoms with E-state index >= 15 is 17.6 Å². The molecule has 12 rings (SSSR count). The van der Waals surface area contributed by atoms with Crippen molar-refractivity contribution in [3.05, 3.63) is 147 Å². The van der Waals surface area contributed by atoms with E-state index in [1.54, 1.807) is 28.2 Å². The van der Waals surface area contributed by atoms with Gasteiger partial charge in [0.05, 0.1) is 54.9 Å². The van der Waals surface area contributed by atoms with Gasteiger partial charge >= 0.3 is 0 Å². The number of aliphatic imine (C=N–C) groups is 4. The fourth-order valence-electron chi connectivity index (χ4n) is 10.2. The second-order valence-electron chi connectivity index (χ2n) is 19.8. The zero-order valence-electron chi connectivity index (χ0n) is 43.5. The van der Waals surface area contributed by atoms with Crippen LogP contribution in [-0.2, 0) is 46.5 Å². The van der Waals surface area contributed by atoms with Crippen molar-refractivity contribution in [1.82, 2.24) is 33.8 Å². The van der Waals surface area contributed by atoms with E-state index in [0.29, 0.717) is 32.6 Å². The summed E-state index contributed by atoms with van der Waals surface area (Å²) < 4.78 is 184. The molecule has 4 aliphatic rings. The van der Waals surface area contributed by atoms with Crippen LogP contribution < -0.4 is 26.2 Å². The number of rotatable bonds is 17. The summed E-state index contributed by atoms with van der Waals surface area (Å²) in [5, 5.41) is 17.1. The largest absolute Gasteiger partial charge is 0.396 e. The van der Waals surface area contributed by atoms with Gasteiger partial charge in [-0.15, -0.1) is 0 Å². The molecule has 0 amide bonds. The van der Waals surface area contributed by atoms with Crippen LogP contribution in [0.1, 0.15) is 47.1 Å². The smallest absolute Gasteiger partial charge is 0.296 e. The number of nitrogens with zero attached hydrogens (tertiary/aromatic N) is 11. The van der Waals surface area contributed by atoms with E-state index in [1.165, 1.54) is 80.0 Å². The molecule has 0 aliphatic carbocycles. The molecular formula is C52H42F4N14O10S4. The molecule has 0 radical (unpaired) electrons. The minimum absolute atomic E-state index is 0.00146. The first-order valence-electron chi connectivity index (χ1n) is 25.3. The zero-order chi connectivity index (χ0) is 59.4. The van der Waals surface area contributed by atoms with Crippen molar-refractivity contribution in [2.45, 2.75) is 41.6 Å². The molecule has 24 nitrogen and oxygen atoms in total. The summed E-state index contributed by atoms with van der Waals surface area (Å²) in [6, 6.07) is 15.2. The van der Waals surface area contributed by atoms with Crippen LogP contribution in [0.15, 0.2) is 119 Å². The summed E-state index contributed by atoms with van der Waals surface area (Å²) in [7, 11) is -17.0. The molecule has 8 aromatic rings. The molecule has 0 fully saturated rings. The minimum Gasteiger partial charge on any atom is -0.396 e. The predicted octanol–water partition coefficient (Wildman–Crippen LogP) is 3.96. The van der Waals surface area contributed by atoms with Gasteiger partial charge in [-0.2, -0.15) is 23.4 Å². The number of amidine groups is 4. The Balaban J connectivity index is 0.955. The lowest BCUT2D eigenvalue weighted by molar-refractivity contribution is 0.249. The fourth-order valence-corrected chi connectivity index (χ4v) is 15.1. The second-order valence-corrected chi connectivity index (χ2v) is 27.3. The number of aryl methyl sites for hydroxylation is 1. The van der Waals surface area contributed by atoms with Crippen LogP contribution in [0.5, 0.6) is 0 Å².